The van der Waals surface area contributed by atoms with Crippen LogP contribution in [0.4, 0.5) is 4.39 Å². The van der Waals surface area contributed by atoms with Crippen LogP contribution in [0.15, 0.2) is 60.9 Å². The minimum Gasteiger partial charge on any atom is -0.507 e. The van der Waals surface area contributed by atoms with Crippen LogP contribution < -0.4 is 10.6 Å². The summed E-state index contributed by atoms with van der Waals surface area (Å²) in [4.78, 5) is 31.6. The van der Waals surface area contributed by atoms with E-state index < -0.39 is 5.82 Å². The Morgan fingerprint density at radius 3 is 2.64 bits per heavy atom. The summed E-state index contributed by atoms with van der Waals surface area (Å²) >= 11 is 0. The van der Waals surface area contributed by atoms with E-state index in [0.717, 1.165) is 30.6 Å². The highest BCUT2D eigenvalue weighted by Gasteiger charge is 2.15. The number of hydrogen-bond acceptors (Lipinski definition) is 5. The number of carbonyl (C=O) groups excluding carboxylic acids is 2. The first-order valence-electron chi connectivity index (χ1n) is 12.3. The Hall–Kier alpha value is -3.78. The lowest BCUT2D eigenvalue weighted by Crippen LogP contribution is -2.31. The molecule has 0 fully saturated rings. The molecule has 0 saturated heterocycles. The van der Waals surface area contributed by atoms with Crippen LogP contribution in [0.1, 0.15) is 40.7 Å². The molecule has 0 unspecified atom stereocenters. The summed E-state index contributed by atoms with van der Waals surface area (Å²) < 4.78 is 14.7. The van der Waals surface area contributed by atoms with Crippen LogP contribution in [0.2, 0.25) is 0 Å². The van der Waals surface area contributed by atoms with Crippen molar-refractivity contribution in [1.29, 1.82) is 0 Å². The molecule has 1 aliphatic heterocycles. The summed E-state index contributed by atoms with van der Waals surface area (Å²) in [6.07, 6.45) is 5.96. The third-order valence-electron chi connectivity index (χ3n) is 6.26. The molecule has 188 valence electrons. The Labute approximate surface area is 210 Å². The van der Waals surface area contributed by atoms with Crippen molar-refractivity contribution in [1.82, 2.24) is 20.5 Å². The second kappa shape index (κ2) is 12.3. The van der Waals surface area contributed by atoms with Crippen molar-refractivity contribution in [2.24, 2.45) is 0 Å². The van der Waals surface area contributed by atoms with Crippen LogP contribution in [-0.4, -0.2) is 53.0 Å². The van der Waals surface area contributed by atoms with Crippen LogP contribution in [0, 0.1) is 5.82 Å². The summed E-state index contributed by atoms with van der Waals surface area (Å²) in [5.41, 5.74) is 2.74. The van der Waals surface area contributed by atoms with Crippen molar-refractivity contribution < 1.29 is 19.1 Å². The third-order valence-corrected chi connectivity index (χ3v) is 6.26. The number of rotatable bonds is 2. The van der Waals surface area contributed by atoms with Crippen molar-refractivity contribution >= 4 is 11.8 Å². The molecule has 4 bridgehead atoms. The van der Waals surface area contributed by atoms with Gasteiger partial charge in [-0.1, -0.05) is 12.1 Å². The summed E-state index contributed by atoms with van der Waals surface area (Å²) in [5, 5.41) is 16.3. The van der Waals surface area contributed by atoms with Gasteiger partial charge in [-0.05, 0) is 73.3 Å². The molecule has 0 spiro atoms. The molecule has 2 amide bonds. The van der Waals surface area contributed by atoms with Crippen LogP contribution in [0.3, 0.4) is 0 Å². The van der Waals surface area contributed by atoms with Crippen molar-refractivity contribution in [2.75, 3.05) is 26.2 Å². The first-order chi connectivity index (χ1) is 17.5. The second-order valence-corrected chi connectivity index (χ2v) is 9.00. The lowest BCUT2D eigenvalue weighted by atomic mass is 9.98. The maximum atomic E-state index is 14.7. The number of nitrogens with one attached hydrogen (secondary N) is 2. The first-order valence-corrected chi connectivity index (χ1v) is 12.3. The molecule has 0 radical (unpaired) electrons. The SMILES string of the molecule is O=C1CCCN(Cc2cccnc2)CCCNC(=O)c2ccc(F)c(c2)-c2cc(ccc2O)CCN1. The maximum absolute atomic E-state index is 14.7. The van der Waals surface area contributed by atoms with Crippen molar-refractivity contribution in [3.05, 3.63) is 83.4 Å². The van der Waals surface area contributed by atoms with Gasteiger partial charge < -0.3 is 15.7 Å². The molecular formula is C28H31FN4O3. The molecule has 2 aromatic carbocycles. The fraction of sp³-hybridized carbons (Fsp3) is 0.321. The molecule has 8 heteroatoms. The topological polar surface area (TPSA) is 94.6 Å². The van der Waals surface area contributed by atoms with E-state index in [4.69, 9.17) is 0 Å². The zero-order chi connectivity index (χ0) is 25.3. The Bertz CT molecular complexity index is 1200. The monoisotopic (exact) mass is 490 g/mol. The number of phenolic OH excluding ortho intramolecular Hbond substituents is 1. The molecule has 7 nitrogen and oxygen atoms in total. The van der Waals surface area contributed by atoms with E-state index in [0.29, 0.717) is 50.0 Å². The maximum Gasteiger partial charge on any atom is 0.251 e. The third kappa shape index (κ3) is 6.88. The summed E-state index contributed by atoms with van der Waals surface area (Å²) in [6, 6.07) is 13.0. The number of hydrogen-bond donors (Lipinski definition) is 3. The predicted octanol–water partition coefficient (Wildman–Crippen LogP) is 3.67. The highest BCUT2D eigenvalue weighted by Crippen LogP contribution is 2.33. The zero-order valence-electron chi connectivity index (χ0n) is 20.2. The van der Waals surface area contributed by atoms with Gasteiger partial charge in [-0.2, -0.15) is 0 Å². The molecule has 0 saturated carbocycles. The number of nitrogens with zero attached hydrogens (tertiary/aromatic N) is 2. The Balaban J connectivity index is 1.53. The highest BCUT2D eigenvalue weighted by molar-refractivity contribution is 5.95. The van der Waals surface area contributed by atoms with E-state index in [9.17, 15) is 19.1 Å². The summed E-state index contributed by atoms with van der Waals surface area (Å²) in [5.74, 6) is -0.902. The van der Waals surface area contributed by atoms with E-state index in [1.54, 1.807) is 18.3 Å². The smallest absolute Gasteiger partial charge is 0.251 e. The number of pyridine rings is 1. The van der Waals surface area contributed by atoms with Gasteiger partial charge in [-0.15, -0.1) is 0 Å². The van der Waals surface area contributed by atoms with Crippen LogP contribution in [0.5, 0.6) is 5.75 Å². The minimum absolute atomic E-state index is 0.0146. The Morgan fingerprint density at radius 1 is 0.944 bits per heavy atom. The number of fused-ring (bicyclic) bond motifs is 5. The van der Waals surface area contributed by atoms with Gasteiger partial charge in [0.15, 0.2) is 0 Å². The lowest BCUT2D eigenvalue weighted by Gasteiger charge is -2.22. The predicted molar refractivity (Wildman–Crippen MR) is 136 cm³/mol. The quantitative estimate of drug-likeness (QED) is 0.510. The fourth-order valence-corrected chi connectivity index (χ4v) is 4.35. The number of carbonyl (C=O) groups is 2. The van der Waals surface area contributed by atoms with Gasteiger partial charge in [0, 0.05) is 61.7 Å². The molecule has 36 heavy (non-hydrogen) atoms. The summed E-state index contributed by atoms with van der Waals surface area (Å²) in [7, 11) is 0. The van der Waals surface area contributed by atoms with E-state index >= 15 is 0 Å². The Kier molecular flexibility index (Phi) is 8.62. The van der Waals surface area contributed by atoms with Crippen molar-refractivity contribution in [2.45, 2.75) is 32.2 Å². The Morgan fingerprint density at radius 2 is 1.81 bits per heavy atom. The molecule has 0 atom stereocenters. The molecular weight excluding hydrogens is 459 g/mol. The number of aromatic hydroxyl groups is 1. The van der Waals surface area contributed by atoms with Gasteiger partial charge in [0.05, 0.1) is 0 Å². The number of phenols is 1. The highest BCUT2D eigenvalue weighted by atomic mass is 19.1. The normalized spacial score (nSPS) is 16.2. The van der Waals surface area contributed by atoms with Crippen LogP contribution >= 0.6 is 0 Å². The zero-order valence-corrected chi connectivity index (χ0v) is 20.2. The number of aromatic nitrogens is 1. The largest absolute Gasteiger partial charge is 0.507 e. The minimum atomic E-state index is -0.524. The molecule has 3 aromatic rings. The van der Waals surface area contributed by atoms with Crippen LogP contribution in [0.25, 0.3) is 11.1 Å². The van der Waals surface area contributed by atoms with Crippen LogP contribution in [-0.2, 0) is 17.8 Å². The van der Waals surface area contributed by atoms with Gasteiger partial charge in [-0.3, -0.25) is 19.5 Å². The van der Waals surface area contributed by atoms with Gasteiger partial charge in [0.2, 0.25) is 5.91 Å². The average Bonchev–Trinajstić information content (AvgIpc) is 2.88. The number of benzene rings is 2. The van der Waals surface area contributed by atoms with Gasteiger partial charge in [-0.25, -0.2) is 4.39 Å². The molecule has 0 aliphatic carbocycles. The molecule has 1 aromatic heterocycles. The molecule has 2 heterocycles. The van der Waals surface area contributed by atoms with Gasteiger partial charge >= 0.3 is 0 Å². The van der Waals surface area contributed by atoms with E-state index in [-0.39, 0.29) is 23.1 Å². The van der Waals surface area contributed by atoms with Crippen molar-refractivity contribution in [3.63, 3.8) is 0 Å². The number of halogens is 1. The van der Waals surface area contributed by atoms with E-state index in [1.807, 2.05) is 18.3 Å². The second-order valence-electron chi connectivity index (χ2n) is 9.00. The molecule has 3 N–H and O–H groups in total. The molecule has 1 aliphatic rings. The average molecular weight is 491 g/mol. The molecule has 4 rings (SSSR count). The van der Waals surface area contributed by atoms with E-state index in [1.165, 1.54) is 24.3 Å². The first kappa shape index (κ1) is 25.3. The lowest BCUT2D eigenvalue weighted by molar-refractivity contribution is -0.121. The van der Waals surface area contributed by atoms with Crippen molar-refractivity contribution in [3.8, 4) is 16.9 Å². The van der Waals surface area contributed by atoms with E-state index in [2.05, 4.69) is 20.5 Å². The standard InChI is InChI=1S/C28H31FN4O3/c29-25-8-7-22-17-23(25)24-16-20(6-9-26(24)34)10-13-31-27(35)5-2-14-33(15-3-12-32-28(22)36)19-21-4-1-11-30-18-21/h1,4,6-9,11,16-18,34H,2-3,5,10,12-15,19H2,(H,31,35)(H,32,36). The fourth-order valence-electron chi connectivity index (χ4n) is 4.35. The number of amides is 2. The van der Waals surface area contributed by atoms with Gasteiger partial charge in [0.1, 0.15) is 11.6 Å². The summed E-state index contributed by atoms with van der Waals surface area (Å²) in [6.45, 7) is 3.09. The van der Waals surface area contributed by atoms with Gasteiger partial charge in [0.25, 0.3) is 5.91 Å².